The Bertz CT molecular complexity index is 767. The molecule has 3 aromatic rings. The van der Waals surface area contributed by atoms with Crippen LogP contribution in [0.3, 0.4) is 0 Å². The van der Waals surface area contributed by atoms with E-state index in [1.54, 1.807) is 23.3 Å². The predicted molar refractivity (Wildman–Crippen MR) is 81.4 cm³/mol. The lowest BCUT2D eigenvalue weighted by Gasteiger charge is -2.10. The lowest BCUT2D eigenvalue weighted by atomic mass is 10.2. The van der Waals surface area contributed by atoms with E-state index in [9.17, 15) is 4.79 Å². The standard InChI is InChI=1S/C15H14N6O/c16-15(22)13-8-17-6-5-14(13)19-7-11-1-3-12(4-2-11)21-10-18-9-20-21/h1-6,8-10H,7H2,(H2,16,22)(H,17,19). The Hall–Kier alpha value is -3.22. The molecule has 0 saturated heterocycles. The zero-order valence-corrected chi connectivity index (χ0v) is 11.7. The Morgan fingerprint density at radius 3 is 2.68 bits per heavy atom. The topological polar surface area (TPSA) is 98.7 Å². The summed E-state index contributed by atoms with van der Waals surface area (Å²) in [6, 6.07) is 9.59. The lowest BCUT2D eigenvalue weighted by molar-refractivity contribution is 0.100. The molecule has 7 nitrogen and oxygen atoms in total. The summed E-state index contributed by atoms with van der Waals surface area (Å²) < 4.78 is 1.69. The Labute approximate surface area is 126 Å². The SMILES string of the molecule is NC(=O)c1cnccc1NCc1ccc(-n2cncn2)cc1. The monoisotopic (exact) mass is 294 g/mol. The predicted octanol–water partition coefficient (Wildman–Crippen LogP) is 1.37. The molecule has 0 bridgehead atoms. The fourth-order valence-electron chi connectivity index (χ4n) is 2.05. The Morgan fingerprint density at radius 2 is 2.00 bits per heavy atom. The molecule has 0 unspecified atom stereocenters. The smallest absolute Gasteiger partial charge is 0.252 e. The molecule has 0 aliphatic carbocycles. The van der Waals surface area contributed by atoms with E-state index in [0.717, 1.165) is 11.3 Å². The summed E-state index contributed by atoms with van der Waals surface area (Å²) in [4.78, 5) is 19.2. The second kappa shape index (κ2) is 6.04. The summed E-state index contributed by atoms with van der Waals surface area (Å²) in [6.45, 7) is 0.571. The Kier molecular flexibility index (Phi) is 3.78. The quantitative estimate of drug-likeness (QED) is 0.740. The zero-order chi connectivity index (χ0) is 15.4. The number of hydrogen-bond acceptors (Lipinski definition) is 5. The minimum absolute atomic E-state index is 0.377. The number of nitrogens with two attached hydrogens (primary N) is 1. The maximum atomic E-state index is 11.3. The average Bonchev–Trinajstić information content (AvgIpc) is 3.08. The fraction of sp³-hybridized carbons (Fsp3) is 0.0667. The highest BCUT2D eigenvalue weighted by atomic mass is 16.1. The van der Waals surface area contributed by atoms with Gasteiger partial charge in [-0.25, -0.2) is 9.67 Å². The van der Waals surface area contributed by atoms with Gasteiger partial charge in [0.25, 0.3) is 5.91 Å². The summed E-state index contributed by atoms with van der Waals surface area (Å²) in [7, 11) is 0. The highest BCUT2D eigenvalue weighted by Crippen LogP contribution is 2.15. The van der Waals surface area contributed by atoms with Crippen LogP contribution in [0.5, 0.6) is 0 Å². The van der Waals surface area contributed by atoms with Crippen LogP contribution in [-0.2, 0) is 6.54 Å². The number of carbonyl (C=O) groups excluding carboxylic acids is 1. The number of benzene rings is 1. The largest absolute Gasteiger partial charge is 0.380 e. The number of anilines is 1. The van der Waals surface area contributed by atoms with Crippen LogP contribution >= 0.6 is 0 Å². The molecule has 3 N–H and O–H groups in total. The molecular formula is C15H14N6O. The third-order valence-electron chi connectivity index (χ3n) is 3.19. The van der Waals surface area contributed by atoms with Crippen LogP contribution in [0, 0.1) is 0 Å². The Balaban J connectivity index is 1.71. The maximum absolute atomic E-state index is 11.3. The lowest BCUT2D eigenvalue weighted by Crippen LogP contribution is -2.14. The molecule has 0 atom stereocenters. The molecule has 1 aromatic carbocycles. The molecule has 7 heteroatoms. The molecule has 3 rings (SSSR count). The molecule has 0 saturated carbocycles. The van der Waals surface area contributed by atoms with E-state index in [1.807, 2.05) is 24.3 Å². The van der Waals surface area contributed by atoms with Crippen molar-refractivity contribution in [2.24, 2.45) is 5.73 Å². The van der Waals surface area contributed by atoms with Gasteiger partial charge in [0.2, 0.25) is 0 Å². The number of nitrogens with one attached hydrogen (secondary N) is 1. The first kappa shape index (κ1) is 13.7. The molecular weight excluding hydrogens is 280 g/mol. The van der Waals surface area contributed by atoms with Crippen LogP contribution in [0.15, 0.2) is 55.4 Å². The third-order valence-corrected chi connectivity index (χ3v) is 3.19. The minimum atomic E-state index is -0.503. The van der Waals surface area contributed by atoms with Crippen LogP contribution in [0.1, 0.15) is 15.9 Å². The van der Waals surface area contributed by atoms with E-state index >= 15 is 0 Å². The second-order valence-corrected chi connectivity index (χ2v) is 4.65. The first-order valence-electron chi connectivity index (χ1n) is 6.65. The summed E-state index contributed by atoms with van der Waals surface area (Å²) in [6.07, 6.45) is 6.20. The van der Waals surface area contributed by atoms with Crippen LogP contribution in [0.25, 0.3) is 5.69 Å². The third kappa shape index (κ3) is 2.93. The summed E-state index contributed by atoms with van der Waals surface area (Å²) in [5.74, 6) is -0.503. The summed E-state index contributed by atoms with van der Waals surface area (Å²) in [5, 5.41) is 7.26. The number of hydrogen-bond donors (Lipinski definition) is 2. The van der Waals surface area contributed by atoms with Crippen molar-refractivity contribution < 1.29 is 4.79 Å². The van der Waals surface area contributed by atoms with Gasteiger partial charge in [-0.1, -0.05) is 12.1 Å². The van der Waals surface area contributed by atoms with Gasteiger partial charge in [-0.2, -0.15) is 5.10 Å². The number of primary amides is 1. The van der Waals surface area contributed by atoms with Gasteiger partial charge in [0.05, 0.1) is 16.9 Å². The van der Waals surface area contributed by atoms with Crippen LogP contribution in [0.4, 0.5) is 5.69 Å². The molecule has 22 heavy (non-hydrogen) atoms. The van der Waals surface area contributed by atoms with Crippen LogP contribution < -0.4 is 11.1 Å². The van der Waals surface area contributed by atoms with E-state index in [4.69, 9.17) is 5.73 Å². The maximum Gasteiger partial charge on any atom is 0.252 e. The molecule has 0 aliphatic heterocycles. The van der Waals surface area contributed by atoms with Gasteiger partial charge in [-0.3, -0.25) is 9.78 Å². The van der Waals surface area contributed by atoms with Crippen molar-refractivity contribution in [3.05, 3.63) is 66.5 Å². The molecule has 110 valence electrons. The van der Waals surface area contributed by atoms with Crippen molar-refractivity contribution in [3.63, 3.8) is 0 Å². The van der Waals surface area contributed by atoms with Gasteiger partial charge < -0.3 is 11.1 Å². The average molecular weight is 294 g/mol. The van der Waals surface area contributed by atoms with E-state index in [-0.39, 0.29) is 0 Å². The van der Waals surface area contributed by atoms with Gasteiger partial charge in [0.15, 0.2) is 0 Å². The van der Waals surface area contributed by atoms with Crippen LogP contribution in [-0.4, -0.2) is 25.7 Å². The molecule has 2 aromatic heterocycles. The first-order valence-corrected chi connectivity index (χ1v) is 6.65. The van der Waals surface area contributed by atoms with E-state index in [0.29, 0.717) is 17.8 Å². The van der Waals surface area contributed by atoms with Gasteiger partial charge in [0, 0.05) is 18.9 Å². The van der Waals surface area contributed by atoms with Crippen LogP contribution in [0.2, 0.25) is 0 Å². The van der Waals surface area contributed by atoms with E-state index in [2.05, 4.69) is 20.4 Å². The van der Waals surface area contributed by atoms with Gasteiger partial charge in [-0.15, -0.1) is 0 Å². The highest BCUT2D eigenvalue weighted by Gasteiger charge is 2.07. The highest BCUT2D eigenvalue weighted by molar-refractivity contribution is 5.98. The second-order valence-electron chi connectivity index (χ2n) is 4.65. The van der Waals surface area contributed by atoms with Crippen molar-refractivity contribution in [1.29, 1.82) is 0 Å². The van der Waals surface area contributed by atoms with Crippen molar-refractivity contribution in [2.75, 3.05) is 5.32 Å². The normalized spacial score (nSPS) is 10.4. The number of pyridine rings is 1. The summed E-state index contributed by atoms with van der Waals surface area (Å²) >= 11 is 0. The van der Waals surface area contributed by atoms with Crippen molar-refractivity contribution >= 4 is 11.6 Å². The molecule has 0 spiro atoms. The van der Waals surface area contributed by atoms with E-state index < -0.39 is 5.91 Å². The minimum Gasteiger partial charge on any atom is -0.380 e. The van der Waals surface area contributed by atoms with Gasteiger partial charge in [-0.05, 0) is 23.8 Å². The van der Waals surface area contributed by atoms with Gasteiger partial charge >= 0.3 is 0 Å². The molecule has 2 heterocycles. The van der Waals surface area contributed by atoms with Gasteiger partial charge in [0.1, 0.15) is 12.7 Å². The molecule has 0 fully saturated rings. The molecule has 0 aliphatic rings. The number of nitrogens with zero attached hydrogens (tertiary/aromatic N) is 4. The van der Waals surface area contributed by atoms with Crippen molar-refractivity contribution in [3.8, 4) is 5.69 Å². The van der Waals surface area contributed by atoms with Crippen molar-refractivity contribution in [2.45, 2.75) is 6.54 Å². The number of rotatable bonds is 5. The first-order chi connectivity index (χ1) is 10.7. The molecule has 1 amide bonds. The fourth-order valence-corrected chi connectivity index (χ4v) is 2.05. The number of carbonyl (C=O) groups is 1. The summed E-state index contributed by atoms with van der Waals surface area (Å²) in [5.41, 5.74) is 8.37. The Morgan fingerprint density at radius 1 is 1.18 bits per heavy atom. The zero-order valence-electron chi connectivity index (χ0n) is 11.7. The number of amides is 1. The number of aromatic nitrogens is 4. The van der Waals surface area contributed by atoms with Crippen molar-refractivity contribution in [1.82, 2.24) is 19.7 Å². The molecule has 0 radical (unpaired) electrons. The van der Waals surface area contributed by atoms with E-state index in [1.165, 1.54) is 12.5 Å².